The van der Waals surface area contributed by atoms with Crippen LogP contribution in [0.15, 0.2) is 83.4 Å². The molecule has 0 aromatic heterocycles. The van der Waals surface area contributed by atoms with Gasteiger partial charge in [0, 0.05) is 54.6 Å². The van der Waals surface area contributed by atoms with Gasteiger partial charge in [-0.2, -0.15) is 8.42 Å². The number of benzene rings is 3. The van der Waals surface area contributed by atoms with Crippen molar-refractivity contribution in [2.75, 3.05) is 13.2 Å². The fourth-order valence-electron chi connectivity index (χ4n) is 8.74. The number of nitrogens with zero attached hydrogens (tertiary/aromatic N) is 1. The molecule has 6 aliphatic heterocycles. The lowest BCUT2D eigenvalue weighted by atomic mass is 9.65. The molecule has 52 heavy (non-hydrogen) atoms. The van der Waals surface area contributed by atoms with E-state index in [4.69, 9.17) is 20.9 Å². The van der Waals surface area contributed by atoms with Crippen molar-refractivity contribution in [2.24, 2.45) is 34.2 Å². The molecule has 8 N–H and O–H groups in total. The van der Waals surface area contributed by atoms with E-state index >= 15 is 0 Å². The Labute approximate surface area is 304 Å². The van der Waals surface area contributed by atoms with Crippen LogP contribution in [0.5, 0.6) is 11.5 Å². The zero-order valence-electron chi connectivity index (χ0n) is 28.8. The van der Waals surface area contributed by atoms with Crippen molar-refractivity contribution >= 4 is 16.1 Å². The van der Waals surface area contributed by atoms with Gasteiger partial charge in [-0.15, -0.1) is 0 Å². The minimum Gasteiger partial charge on any atom is -0.508 e. The van der Waals surface area contributed by atoms with Crippen LogP contribution in [-0.2, 0) is 27.0 Å². The second kappa shape index (κ2) is 14.6. The lowest BCUT2D eigenvalue weighted by Gasteiger charge is -2.41. The number of hydrogen-bond acceptors (Lipinski definition) is 8. The number of hydrogen-bond donors (Lipinski definition) is 6. The molecule has 3 aromatic carbocycles. The summed E-state index contributed by atoms with van der Waals surface area (Å²) >= 11 is 0. The number of aliphatic hydroxyl groups is 2. The van der Waals surface area contributed by atoms with E-state index in [2.05, 4.69) is 16.8 Å². The van der Waals surface area contributed by atoms with Gasteiger partial charge >= 0.3 is 0 Å². The summed E-state index contributed by atoms with van der Waals surface area (Å²) in [7, 11) is -4.56. The van der Waals surface area contributed by atoms with Crippen molar-refractivity contribution in [3.63, 3.8) is 0 Å². The van der Waals surface area contributed by atoms with Gasteiger partial charge in [-0.05, 0) is 84.9 Å². The molecule has 8 atom stereocenters. The quantitative estimate of drug-likeness (QED) is 0.0696. The van der Waals surface area contributed by atoms with E-state index in [9.17, 15) is 28.3 Å². The van der Waals surface area contributed by atoms with E-state index in [0.717, 1.165) is 22.3 Å². The highest BCUT2D eigenvalue weighted by molar-refractivity contribution is 7.86. The van der Waals surface area contributed by atoms with Crippen LogP contribution in [-0.4, -0.2) is 58.8 Å². The van der Waals surface area contributed by atoms with Gasteiger partial charge in [-0.25, -0.2) is 4.99 Å². The summed E-state index contributed by atoms with van der Waals surface area (Å²) in [5.41, 5.74) is 15.2. The predicted octanol–water partition coefficient (Wildman–Crippen LogP) is 4.41. The Kier molecular flexibility index (Phi) is 10.1. The van der Waals surface area contributed by atoms with E-state index in [0.29, 0.717) is 49.0 Å². The third kappa shape index (κ3) is 7.16. The number of fused-ring (bicyclic) bond motifs is 7. The largest absolute Gasteiger partial charge is 0.508 e. The van der Waals surface area contributed by atoms with Crippen molar-refractivity contribution in [3.8, 4) is 23.3 Å². The second-order valence-corrected chi connectivity index (χ2v) is 16.1. The lowest BCUT2D eigenvalue weighted by molar-refractivity contribution is -0.0416. The Morgan fingerprint density at radius 2 is 1.81 bits per heavy atom. The van der Waals surface area contributed by atoms with Crippen LogP contribution in [0.3, 0.4) is 0 Å². The molecule has 2 unspecified atom stereocenters. The summed E-state index contributed by atoms with van der Waals surface area (Å²) in [4.78, 5) is 4.58. The van der Waals surface area contributed by atoms with Crippen LogP contribution >= 0.6 is 0 Å². The van der Waals surface area contributed by atoms with Gasteiger partial charge in [0.1, 0.15) is 17.6 Å². The molecule has 6 heterocycles. The molecule has 10 rings (SSSR count). The molecule has 0 amide bonds. The van der Waals surface area contributed by atoms with Gasteiger partial charge in [-0.1, -0.05) is 60.4 Å². The van der Waals surface area contributed by atoms with Gasteiger partial charge in [0.15, 0.2) is 5.96 Å². The topological polar surface area (TPSA) is 198 Å². The number of guanidine groups is 1. The number of rotatable bonds is 6. The van der Waals surface area contributed by atoms with Gasteiger partial charge < -0.3 is 36.3 Å². The Morgan fingerprint density at radius 3 is 2.50 bits per heavy atom. The number of phenolic OH excluding ortho intramolecular Hbond substituents is 1. The van der Waals surface area contributed by atoms with Gasteiger partial charge in [-0.3, -0.25) is 4.55 Å². The first kappa shape index (κ1) is 36.0. The number of phenols is 1. The third-order valence-corrected chi connectivity index (χ3v) is 12.5. The highest BCUT2D eigenvalue weighted by Crippen LogP contribution is 2.54. The Morgan fingerprint density at radius 1 is 1.04 bits per heavy atom. The number of ether oxygens (including phenoxy) is 2. The summed E-state index contributed by atoms with van der Waals surface area (Å²) in [6, 6.07) is 19.9. The molecule has 8 bridgehead atoms. The maximum absolute atomic E-state index is 13.5. The maximum atomic E-state index is 13.5. The fourth-order valence-corrected chi connectivity index (χ4v) is 9.80. The van der Waals surface area contributed by atoms with Crippen molar-refractivity contribution in [3.05, 3.63) is 106 Å². The number of nitrogens with two attached hydrogens (primary N) is 2. The zero-order valence-corrected chi connectivity index (χ0v) is 29.6. The summed E-state index contributed by atoms with van der Waals surface area (Å²) in [5, 5.41) is 29.6. The molecular weight excluding hydrogens is 683 g/mol. The number of aryl methyl sites for hydroxylation is 1. The molecule has 1 aliphatic carbocycles. The van der Waals surface area contributed by atoms with E-state index < -0.39 is 39.2 Å². The minimum atomic E-state index is -4.56. The van der Waals surface area contributed by atoms with Gasteiger partial charge in [0.2, 0.25) is 5.72 Å². The number of aliphatic imine (C=N–C) groups is 1. The van der Waals surface area contributed by atoms with Crippen LogP contribution in [0.1, 0.15) is 78.4 Å². The molecule has 1 saturated heterocycles. The van der Waals surface area contributed by atoms with Crippen LogP contribution in [0.4, 0.5) is 0 Å². The normalized spacial score (nSPS) is 29.4. The standard InChI is InChI=1S/C40H45N3O8S/c41-39(42)43-40(17-2-18-44)30-10-8-25(9-11-30)37-28-19-29(21-34(37)36(52(47,48)49)16-7-24-5-13-32(51-40)14-6-24)38-33-15-12-31(46)20-26(33)3-1-4-27(23-45)35(22-28)50-38/h5-6,8-15,20-21,27-28,34-38,44-46H,2,4,7,16-19,22-23H2,(H4,41,42,43)(H,47,48,49)/t27-,28+,34-,35?,36-,37-,38?,40+/m1/s1. The fraction of sp³-hybridized carbons (Fsp3) is 0.425. The zero-order chi connectivity index (χ0) is 36.6. The van der Waals surface area contributed by atoms with E-state index in [1.807, 2.05) is 42.5 Å². The monoisotopic (exact) mass is 727 g/mol. The number of aliphatic hydroxyl groups excluding tert-OH is 2. The van der Waals surface area contributed by atoms with Crippen LogP contribution in [0, 0.1) is 29.6 Å². The molecule has 274 valence electrons. The van der Waals surface area contributed by atoms with E-state index in [-0.39, 0.29) is 55.5 Å². The van der Waals surface area contributed by atoms with Gasteiger partial charge in [0.25, 0.3) is 10.1 Å². The predicted molar refractivity (Wildman–Crippen MR) is 196 cm³/mol. The molecule has 7 aliphatic rings. The van der Waals surface area contributed by atoms with Crippen molar-refractivity contribution < 1.29 is 37.8 Å². The highest BCUT2D eigenvalue weighted by atomic mass is 32.2. The van der Waals surface area contributed by atoms with E-state index in [1.54, 1.807) is 30.3 Å². The average Bonchev–Trinajstić information content (AvgIpc) is 3.20. The Hall–Kier alpha value is -4.38. The van der Waals surface area contributed by atoms with Crippen molar-refractivity contribution in [1.82, 2.24) is 0 Å². The summed E-state index contributed by atoms with van der Waals surface area (Å²) in [6.45, 7) is -0.245. The molecule has 12 heteroatoms. The SMILES string of the molecule is NC(N)=N[C@@]1(CCCO)Oc2ccc(cc2)CC[C@@H](S(=O)(=O)O)[C@H]2C=C3C[C@@H](CC4OC3c3ccc(O)cc3C#CC[C@@H]4CO)[C@H]2c2ccc1cc2. The van der Waals surface area contributed by atoms with Crippen LogP contribution in [0.25, 0.3) is 0 Å². The lowest BCUT2D eigenvalue weighted by Crippen LogP contribution is -2.39. The average molecular weight is 728 g/mol. The molecule has 0 saturated carbocycles. The smallest absolute Gasteiger partial charge is 0.268 e. The molecule has 3 aromatic rings. The van der Waals surface area contributed by atoms with Crippen LogP contribution < -0.4 is 16.2 Å². The van der Waals surface area contributed by atoms with Crippen molar-refractivity contribution in [1.29, 1.82) is 0 Å². The van der Waals surface area contributed by atoms with Gasteiger partial charge in [0.05, 0.1) is 11.4 Å². The summed E-state index contributed by atoms with van der Waals surface area (Å²) in [5.74, 6) is 5.34. The Balaban J connectivity index is 1.43. The number of allylic oxidation sites excluding steroid dienone is 1. The maximum Gasteiger partial charge on any atom is 0.268 e. The second-order valence-electron chi connectivity index (χ2n) is 14.4. The molecule has 11 nitrogen and oxygen atoms in total. The molecule has 1 fully saturated rings. The van der Waals surface area contributed by atoms with Crippen LogP contribution in [0.2, 0.25) is 0 Å². The first-order valence-corrected chi connectivity index (χ1v) is 19.3. The molecular formula is C40H45N3O8S. The Bertz CT molecular complexity index is 2020. The first-order chi connectivity index (χ1) is 25.0. The van der Waals surface area contributed by atoms with E-state index in [1.165, 1.54) is 0 Å². The highest BCUT2D eigenvalue weighted by Gasteiger charge is 2.48. The molecule has 0 radical (unpaired) electrons. The minimum absolute atomic E-state index is 0.0714. The van der Waals surface area contributed by atoms with Crippen molar-refractivity contribution in [2.45, 2.75) is 74.0 Å². The summed E-state index contributed by atoms with van der Waals surface area (Å²) in [6.07, 6.45) is 3.65. The summed E-state index contributed by atoms with van der Waals surface area (Å²) < 4.78 is 51.4. The molecule has 0 spiro atoms. The number of aromatic hydroxyl groups is 1. The third-order valence-electron chi connectivity index (χ3n) is 11.1. The first-order valence-electron chi connectivity index (χ1n) is 17.8.